The number of halogens is 1. The van der Waals surface area contributed by atoms with E-state index in [0.29, 0.717) is 0 Å². The minimum absolute atomic E-state index is 0.245. The normalized spacial score (nSPS) is 12.7. The third-order valence-corrected chi connectivity index (χ3v) is 2.93. The van der Waals surface area contributed by atoms with E-state index in [1.54, 1.807) is 7.11 Å². The molecule has 90 valence electrons. The minimum Gasteiger partial charge on any atom is -0.385 e. The topological polar surface area (TPSA) is 47.3 Å². The fraction of sp³-hybridized carbons (Fsp3) is 0.500. The van der Waals surface area contributed by atoms with E-state index in [-0.39, 0.29) is 6.04 Å². The fourth-order valence-corrected chi connectivity index (χ4v) is 1.86. The largest absolute Gasteiger partial charge is 0.385 e. The molecule has 0 heterocycles. The predicted molar refractivity (Wildman–Crippen MR) is 67.4 cm³/mol. The first kappa shape index (κ1) is 13.5. The smallest absolute Gasteiger partial charge is 0.0462 e. The molecule has 0 aliphatic carbocycles. The van der Waals surface area contributed by atoms with Gasteiger partial charge in [-0.3, -0.25) is 11.3 Å². The Morgan fingerprint density at radius 3 is 2.81 bits per heavy atom. The van der Waals surface area contributed by atoms with Crippen molar-refractivity contribution in [3.8, 4) is 0 Å². The maximum atomic E-state index is 6.09. The van der Waals surface area contributed by atoms with Gasteiger partial charge in [0.1, 0.15) is 0 Å². The van der Waals surface area contributed by atoms with Crippen LogP contribution in [0.1, 0.15) is 18.4 Å². The van der Waals surface area contributed by atoms with Gasteiger partial charge in [-0.25, -0.2) is 0 Å². The summed E-state index contributed by atoms with van der Waals surface area (Å²) >= 11 is 6.09. The van der Waals surface area contributed by atoms with Crippen molar-refractivity contribution < 1.29 is 4.74 Å². The lowest BCUT2D eigenvalue weighted by atomic mass is 10.0. The Balaban J connectivity index is 2.46. The molecule has 1 unspecified atom stereocenters. The van der Waals surface area contributed by atoms with Gasteiger partial charge in [-0.2, -0.15) is 0 Å². The summed E-state index contributed by atoms with van der Waals surface area (Å²) in [5.41, 5.74) is 3.95. The molecule has 0 amide bonds. The van der Waals surface area contributed by atoms with Gasteiger partial charge in [0, 0.05) is 24.8 Å². The van der Waals surface area contributed by atoms with E-state index in [9.17, 15) is 0 Å². The molecule has 0 spiro atoms. The summed E-state index contributed by atoms with van der Waals surface area (Å²) in [6, 6.07) is 8.10. The molecular weight excluding hydrogens is 224 g/mol. The van der Waals surface area contributed by atoms with Crippen LogP contribution in [-0.4, -0.2) is 19.8 Å². The van der Waals surface area contributed by atoms with Gasteiger partial charge in [0.25, 0.3) is 0 Å². The molecule has 0 aromatic heterocycles. The molecule has 0 aliphatic rings. The number of methoxy groups -OCH3 is 1. The van der Waals surface area contributed by atoms with Crippen LogP contribution < -0.4 is 11.3 Å². The SMILES string of the molecule is COCCCC(Cc1ccccc1Cl)NN. The van der Waals surface area contributed by atoms with Gasteiger partial charge >= 0.3 is 0 Å². The molecule has 0 aliphatic heterocycles. The van der Waals surface area contributed by atoms with Crippen LogP contribution in [0.5, 0.6) is 0 Å². The lowest BCUT2D eigenvalue weighted by Crippen LogP contribution is -2.37. The standard InChI is InChI=1S/C12H19ClN2O/c1-16-8-4-6-11(15-14)9-10-5-2-3-7-12(10)13/h2-3,5,7,11,15H,4,6,8-9,14H2,1H3. The number of hydrazine groups is 1. The lowest BCUT2D eigenvalue weighted by molar-refractivity contribution is 0.188. The molecule has 0 saturated carbocycles. The van der Waals surface area contributed by atoms with Crippen molar-refractivity contribution in [3.63, 3.8) is 0 Å². The second kappa shape index (κ2) is 7.63. The van der Waals surface area contributed by atoms with E-state index < -0.39 is 0 Å². The van der Waals surface area contributed by atoms with Crippen molar-refractivity contribution in [2.24, 2.45) is 5.84 Å². The van der Waals surface area contributed by atoms with E-state index in [0.717, 1.165) is 36.5 Å². The average molecular weight is 243 g/mol. The quantitative estimate of drug-likeness (QED) is 0.438. The first-order valence-corrected chi connectivity index (χ1v) is 5.84. The van der Waals surface area contributed by atoms with E-state index in [1.165, 1.54) is 0 Å². The van der Waals surface area contributed by atoms with E-state index >= 15 is 0 Å². The number of hydrogen-bond acceptors (Lipinski definition) is 3. The Hall–Kier alpha value is -0.610. The molecule has 1 rings (SSSR count). The van der Waals surface area contributed by atoms with E-state index in [1.807, 2.05) is 24.3 Å². The molecule has 4 heteroatoms. The first-order chi connectivity index (χ1) is 7.77. The number of ether oxygens (including phenoxy) is 1. The Labute approximate surface area is 102 Å². The third-order valence-electron chi connectivity index (χ3n) is 2.56. The van der Waals surface area contributed by atoms with Crippen LogP contribution >= 0.6 is 11.6 Å². The fourth-order valence-electron chi connectivity index (χ4n) is 1.65. The predicted octanol–water partition coefficient (Wildman–Crippen LogP) is 2.14. The molecule has 16 heavy (non-hydrogen) atoms. The monoisotopic (exact) mass is 242 g/mol. The highest BCUT2D eigenvalue weighted by molar-refractivity contribution is 6.31. The summed E-state index contributed by atoms with van der Waals surface area (Å²) < 4.78 is 5.02. The maximum absolute atomic E-state index is 6.09. The summed E-state index contributed by atoms with van der Waals surface area (Å²) in [6.07, 6.45) is 2.82. The van der Waals surface area contributed by atoms with Crippen LogP contribution in [0.4, 0.5) is 0 Å². The highest BCUT2D eigenvalue weighted by atomic mass is 35.5. The molecule has 1 aromatic carbocycles. The van der Waals surface area contributed by atoms with Crippen molar-refractivity contribution >= 4 is 11.6 Å². The van der Waals surface area contributed by atoms with Gasteiger partial charge in [-0.15, -0.1) is 0 Å². The highest BCUT2D eigenvalue weighted by Crippen LogP contribution is 2.17. The van der Waals surface area contributed by atoms with Crippen LogP contribution in [0, 0.1) is 0 Å². The van der Waals surface area contributed by atoms with Gasteiger partial charge in [0.05, 0.1) is 0 Å². The van der Waals surface area contributed by atoms with Crippen molar-refractivity contribution in [3.05, 3.63) is 34.9 Å². The number of hydrogen-bond donors (Lipinski definition) is 2. The Morgan fingerprint density at radius 2 is 2.19 bits per heavy atom. The van der Waals surface area contributed by atoms with Gasteiger partial charge in [-0.1, -0.05) is 29.8 Å². The van der Waals surface area contributed by atoms with Gasteiger partial charge in [-0.05, 0) is 30.9 Å². The maximum Gasteiger partial charge on any atom is 0.0462 e. The van der Waals surface area contributed by atoms with Crippen LogP contribution in [0.15, 0.2) is 24.3 Å². The molecule has 1 aromatic rings. The molecular formula is C12H19ClN2O. The van der Waals surface area contributed by atoms with E-state index in [2.05, 4.69) is 5.43 Å². The van der Waals surface area contributed by atoms with Crippen LogP contribution in [0.25, 0.3) is 0 Å². The number of nitrogens with one attached hydrogen (secondary N) is 1. The Morgan fingerprint density at radius 1 is 1.44 bits per heavy atom. The lowest BCUT2D eigenvalue weighted by Gasteiger charge is -2.16. The number of benzene rings is 1. The highest BCUT2D eigenvalue weighted by Gasteiger charge is 2.09. The molecule has 0 fully saturated rings. The molecule has 0 bridgehead atoms. The molecule has 1 atom stereocenters. The number of nitrogens with two attached hydrogens (primary N) is 1. The number of rotatable bonds is 7. The second-order valence-electron chi connectivity index (χ2n) is 3.79. The summed E-state index contributed by atoms with van der Waals surface area (Å²) in [6.45, 7) is 0.765. The molecule has 3 N–H and O–H groups in total. The summed E-state index contributed by atoms with van der Waals surface area (Å²) in [7, 11) is 1.71. The van der Waals surface area contributed by atoms with Crippen molar-refractivity contribution in [2.45, 2.75) is 25.3 Å². The minimum atomic E-state index is 0.245. The Bertz CT molecular complexity index is 307. The van der Waals surface area contributed by atoms with Gasteiger partial charge < -0.3 is 4.74 Å². The van der Waals surface area contributed by atoms with Crippen molar-refractivity contribution in [2.75, 3.05) is 13.7 Å². The molecule has 3 nitrogen and oxygen atoms in total. The van der Waals surface area contributed by atoms with E-state index in [4.69, 9.17) is 22.2 Å². The van der Waals surface area contributed by atoms with Crippen LogP contribution in [0.2, 0.25) is 5.02 Å². The first-order valence-electron chi connectivity index (χ1n) is 5.46. The summed E-state index contributed by atoms with van der Waals surface area (Å²) in [5, 5.41) is 0.800. The second-order valence-corrected chi connectivity index (χ2v) is 4.20. The molecule has 0 radical (unpaired) electrons. The van der Waals surface area contributed by atoms with Crippen LogP contribution in [0.3, 0.4) is 0 Å². The summed E-state index contributed by atoms with van der Waals surface area (Å²) in [4.78, 5) is 0. The third kappa shape index (κ3) is 4.49. The average Bonchev–Trinajstić information content (AvgIpc) is 2.30. The zero-order valence-corrected chi connectivity index (χ0v) is 10.3. The summed E-state index contributed by atoms with van der Waals surface area (Å²) in [5.74, 6) is 5.52. The Kier molecular flexibility index (Phi) is 6.42. The zero-order chi connectivity index (χ0) is 11.8. The molecule has 0 saturated heterocycles. The van der Waals surface area contributed by atoms with Crippen molar-refractivity contribution in [1.29, 1.82) is 0 Å². The van der Waals surface area contributed by atoms with Crippen LogP contribution in [-0.2, 0) is 11.2 Å². The van der Waals surface area contributed by atoms with Crippen molar-refractivity contribution in [1.82, 2.24) is 5.43 Å². The van der Waals surface area contributed by atoms with Gasteiger partial charge in [0.2, 0.25) is 0 Å². The zero-order valence-electron chi connectivity index (χ0n) is 9.58. The van der Waals surface area contributed by atoms with Gasteiger partial charge in [0.15, 0.2) is 0 Å².